The molecule has 0 spiro atoms. The van der Waals surface area contributed by atoms with Gasteiger partial charge < -0.3 is 9.88 Å². The fourth-order valence-electron chi connectivity index (χ4n) is 1.79. The topological polar surface area (TPSA) is 83.6 Å². The van der Waals surface area contributed by atoms with E-state index in [2.05, 4.69) is 21.6 Å². The molecule has 6 heteroatoms. The van der Waals surface area contributed by atoms with Gasteiger partial charge in [-0.05, 0) is 19.8 Å². The number of aryl methyl sites for hydroxylation is 1. The molecule has 0 fully saturated rings. The first kappa shape index (κ1) is 14.2. The quantitative estimate of drug-likeness (QED) is 0.822. The lowest BCUT2D eigenvalue weighted by Gasteiger charge is -2.21. The number of nitrogens with zero attached hydrogens (tertiary/aromatic N) is 4. The van der Waals surface area contributed by atoms with E-state index in [1.54, 1.807) is 6.33 Å². The molecule has 0 unspecified atom stereocenters. The zero-order valence-electron chi connectivity index (χ0n) is 11.1. The number of hydrogen-bond acceptors (Lipinski definition) is 4. The summed E-state index contributed by atoms with van der Waals surface area (Å²) in [5, 5.41) is 19.7. The predicted octanol–water partition coefficient (Wildman–Crippen LogP) is 1.24. The summed E-state index contributed by atoms with van der Waals surface area (Å²) in [6, 6.07) is 2.12. The van der Waals surface area contributed by atoms with Crippen LogP contribution in [0.1, 0.15) is 39.4 Å². The molecule has 18 heavy (non-hydrogen) atoms. The molecule has 0 atom stereocenters. The second-order valence-corrected chi connectivity index (χ2v) is 4.12. The maximum atomic E-state index is 12.1. The Hall–Kier alpha value is -1.90. The van der Waals surface area contributed by atoms with Gasteiger partial charge in [-0.3, -0.25) is 4.79 Å². The van der Waals surface area contributed by atoms with Crippen molar-refractivity contribution in [3.63, 3.8) is 0 Å². The van der Waals surface area contributed by atoms with E-state index >= 15 is 0 Å². The lowest BCUT2D eigenvalue weighted by atomic mass is 9.83. The van der Waals surface area contributed by atoms with Gasteiger partial charge in [0.05, 0.1) is 12.6 Å². The average molecular weight is 249 g/mol. The Balaban J connectivity index is 2.69. The zero-order valence-corrected chi connectivity index (χ0v) is 11.1. The van der Waals surface area contributed by atoms with E-state index < -0.39 is 5.41 Å². The molecular formula is C12H19N5O. The highest BCUT2D eigenvalue weighted by Gasteiger charge is 2.34. The van der Waals surface area contributed by atoms with Crippen molar-refractivity contribution in [2.75, 3.05) is 0 Å². The Labute approximate surface area is 107 Å². The van der Waals surface area contributed by atoms with Gasteiger partial charge in [-0.25, -0.2) is 0 Å². The van der Waals surface area contributed by atoms with Gasteiger partial charge in [0.2, 0.25) is 5.91 Å². The van der Waals surface area contributed by atoms with Crippen LogP contribution in [0.15, 0.2) is 6.33 Å². The number of nitrogens with one attached hydrogen (secondary N) is 1. The Morgan fingerprint density at radius 1 is 1.50 bits per heavy atom. The van der Waals surface area contributed by atoms with Crippen LogP contribution in [0.5, 0.6) is 0 Å². The highest BCUT2D eigenvalue weighted by atomic mass is 16.2. The van der Waals surface area contributed by atoms with Crippen LogP contribution in [0.4, 0.5) is 0 Å². The molecule has 1 amide bonds. The third kappa shape index (κ3) is 2.67. The Bertz CT molecular complexity index is 442. The minimum Gasteiger partial charge on any atom is -0.347 e. The van der Waals surface area contributed by atoms with Gasteiger partial charge in [-0.1, -0.05) is 13.8 Å². The maximum Gasteiger partial charge on any atom is 0.240 e. The average Bonchev–Trinajstić information content (AvgIpc) is 2.86. The fourth-order valence-corrected chi connectivity index (χ4v) is 1.79. The Morgan fingerprint density at radius 3 is 2.67 bits per heavy atom. The minimum absolute atomic E-state index is 0.236. The summed E-state index contributed by atoms with van der Waals surface area (Å²) in [6.45, 7) is 6.73. The van der Waals surface area contributed by atoms with Crippen LogP contribution in [0, 0.1) is 16.7 Å². The molecule has 6 nitrogen and oxygen atoms in total. The zero-order chi connectivity index (χ0) is 13.6. The standard InChI is InChI=1S/C12H19N5O/c1-4-12(5-2,8-13)11(18)14-7-10-16-15-9-17(10)6-3/h9H,4-7H2,1-3H3,(H,14,18). The molecule has 0 radical (unpaired) electrons. The molecule has 98 valence electrons. The van der Waals surface area contributed by atoms with Crippen molar-refractivity contribution in [3.05, 3.63) is 12.2 Å². The van der Waals surface area contributed by atoms with E-state index in [0.29, 0.717) is 25.2 Å². The van der Waals surface area contributed by atoms with Gasteiger partial charge in [-0.15, -0.1) is 10.2 Å². The number of carbonyl (C=O) groups excluding carboxylic acids is 1. The van der Waals surface area contributed by atoms with Crippen LogP contribution in [0.3, 0.4) is 0 Å². The first-order valence-corrected chi connectivity index (χ1v) is 6.19. The molecule has 1 heterocycles. The fraction of sp³-hybridized carbons (Fsp3) is 0.667. The van der Waals surface area contributed by atoms with E-state index in [-0.39, 0.29) is 5.91 Å². The van der Waals surface area contributed by atoms with Crippen molar-refractivity contribution in [3.8, 4) is 6.07 Å². The van der Waals surface area contributed by atoms with Crippen molar-refractivity contribution in [2.24, 2.45) is 5.41 Å². The van der Waals surface area contributed by atoms with E-state index in [0.717, 1.165) is 6.54 Å². The highest BCUT2D eigenvalue weighted by molar-refractivity contribution is 5.85. The second-order valence-electron chi connectivity index (χ2n) is 4.12. The van der Waals surface area contributed by atoms with Crippen molar-refractivity contribution in [2.45, 2.75) is 46.7 Å². The van der Waals surface area contributed by atoms with Crippen LogP contribution in [0.25, 0.3) is 0 Å². The molecular weight excluding hydrogens is 230 g/mol. The third-order valence-electron chi connectivity index (χ3n) is 3.30. The highest BCUT2D eigenvalue weighted by Crippen LogP contribution is 2.25. The molecule has 0 bridgehead atoms. The first-order valence-electron chi connectivity index (χ1n) is 6.19. The largest absolute Gasteiger partial charge is 0.347 e. The monoisotopic (exact) mass is 249 g/mol. The van der Waals surface area contributed by atoms with E-state index in [4.69, 9.17) is 5.26 Å². The molecule has 0 aromatic carbocycles. The van der Waals surface area contributed by atoms with Crippen molar-refractivity contribution in [1.29, 1.82) is 5.26 Å². The van der Waals surface area contributed by atoms with Crippen molar-refractivity contribution >= 4 is 5.91 Å². The lowest BCUT2D eigenvalue weighted by molar-refractivity contribution is -0.128. The first-order chi connectivity index (χ1) is 8.63. The van der Waals surface area contributed by atoms with Crippen molar-refractivity contribution < 1.29 is 4.79 Å². The summed E-state index contributed by atoms with van der Waals surface area (Å²) in [6.07, 6.45) is 2.64. The molecule has 1 rings (SSSR count). The van der Waals surface area contributed by atoms with Gasteiger partial charge in [0.1, 0.15) is 11.7 Å². The molecule has 1 N–H and O–H groups in total. The van der Waals surface area contributed by atoms with E-state index in [1.807, 2.05) is 25.3 Å². The number of nitriles is 1. The summed E-state index contributed by atoms with van der Waals surface area (Å²) in [7, 11) is 0. The van der Waals surface area contributed by atoms with E-state index in [1.165, 1.54) is 0 Å². The lowest BCUT2D eigenvalue weighted by Crippen LogP contribution is -2.39. The summed E-state index contributed by atoms with van der Waals surface area (Å²) in [5.74, 6) is 0.463. The summed E-state index contributed by atoms with van der Waals surface area (Å²) < 4.78 is 1.85. The smallest absolute Gasteiger partial charge is 0.240 e. The molecule has 0 aliphatic rings. The Kier molecular flexibility index (Phi) is 4.84. The van der Waals surface area contributed by atoms with Gasteiger partial charge in [0.15, 0.2) is 5.82 Å². The minimum atomic E-state index is -0.933. The maximum absolute atomic E-state index is 12.1. The normalized spacial score (nSPS) is 11.0. The number of aromatic nitrogens is 3. The molecule has 0 aliphatic carbocycles. The third-order valence-corrected chi connectivity index (χ3v) is 3.30. The molecule has 1 aromatic heterocycles. The second kappa shape index (κ2) is 6.15. The predicted molar refractivity (Wildman–Crippen MR) is 66.2 cm³/mol. The van der Waals surface area contributed by atoms with Crippen LogP contribution < -0.4 is 5.32 Å². The SMILES string of the molecule is CCn1cnnc1CNC(=O)C(C#N)(CC)CC. The molecule has 0 saturated carbocycles. The van der Waals surface area contributed by atoms with Gasteiger partial charge in [-0.2, -0.15) is 5.26 Å². The summed E-state index contributed by atoms with van der Waals surface area (Å²) in [5.41, 5.74) is -0.933. The summed E-state index contributed by atoms with van der Waals surface area (Å²) in [4.78, 5) is 12.1. The van der Waals surface area contributed by atoms with Crippen LogP contribution in [-0.2, 0) is 17.9 Å². The molecule has 0 saturated heterocycles. The van der Waals surface area contributed by atoms with E-state index in [9.17, 15) is 4.79 Å². The molecule has 0 aliphatic heterocycles. The van der Waals surface area contributed by atoms with Gasteiger partial charge in [0.25, 0.3) is 0 Å². The number of amides is 1. The summed E-state index contributed by atoms with van der Waals surface area (Å²) >= 11 is 0. The Morgan fingerprint density at radius 2 is 2.17 bits per heavy atom. The van der Waals surface area contributed by atoms with Gasteiger partial charge in [0, 0.05) is 6.54 Å². The van der Waals surface area contributed by atoms with Crippen LogP contribution in [-0.4, -0.2) is 20.7 Å². The number of carbonyl (C=O) groups is 1. The molecule has 1 aromatic rings. The number of rotatable bonds is 6. The van der Waals surface area contributed by atoms with Crippen LogP contribution in [0.2, 0.25) is 0 Å². The van der Waals surface area contributed by atoms with Gasteiger partial charge >= 0.3 is 0 Å². The number of hydrogen-bond donors (Lipinski definition) is 1. The van der Waals surface area contributed by atoms with Crippen LogP contribution >= 0.6 is 0 Å². The van der Waals surface area contributed by atoms with Crippen molar-refractivity contribution in [1.82, 2.24) is 20.1 Å².